The monoisotopic (exact) mass is 394 g/mol. The van der Waals surface area contributed by atoms with Crippen molar-refractivity contribution in [2.24, 2.45) is 0 Å². The Balaban J connectivity index is 1.44. The van der Waals surface area contributed by atoms with E-state index in [0.717, 1.165) is 21.9 Å². The highest BCUT2D eigenvalue weighted by molar-refractivity contribution is 7.13. The molecular weight excluding hydrogens is 372 g/mol. The molecule has 0 radical (unpaired) electrons. The normalized spacial score (nSPS) is 15.3. The molecule has 5 nitrogen and oxygen atoms in total. The van der Waals surface area contributed by atoms with Crippen LogP contribution in [0.15, 0.2) is 47.8 Å². The predicted octanol–water partition coefficient (Wildman–Crippen LogP) is 4.34. The molecule has 0 aliphatic carbocycles. The van der Waals surface area contributed by atoms with Crippen LogP contribution in [0.3, 0.4) is 0 Å². The quantitative estimate of drug-likeness (QED) is 0.661. The minimum atomic E-state index is -0.207. The van der Waals surface area contributed by atoms with Crippen molar-refractivity contribution in [1.82, 2.24) is 9.88 Å². The number of hydrogen-bond acceptors (Lipinski definition) is 5. The van der Waals surface area contributed by atoms with Crippen LogP contribution < -0.4 is 9.47 Å². The molecule has 0 bridgehead atoms. The number of carbonyl (C=O) groups excluding carboxylic acids is 1. The number of ether oxygens (including phenoxy) is 2. The maximum Gasteiger partial charge on any atom is 0.273 e. The standard InChI is InChI=1S/C22H22N2O3S/c1-14-8-9-17(15(2)10-14)21-23-18(13-28-21)22(25)24(3)11-16-12-26-19-6-4-5-7-20(19)27-16/h4-10,13,16H,11-12H2,1-3H3. The Morgan fingerprint density at radius 3 is 2.79 bits per heavy atom. The number of fused-ring (bicyclic) bond motifs is 1. The van der Waals surface area contributed by atoms with Gasteiger partial charge in [0.15, 0.2) is 17.6 Å². The molecule has 28 heavy (non-hydrogen) atoms. The van der Waals surface area contributed by atoms with Crippen LogP contribution in [-0.4, -0.2) is 42.1 Å². The summed E-state index contributed by atoms with van der Waals surface area (Å²) in [6.07, 6.45) is -0.207. The molecule has 1 aromatic heterocycles. The molecule has 0 spiro atoms. The Hall–Kier alpha value is -2.86. The summed E-state index contributed by atoms with van der Waals surface area (Å²) in [5.74, 6) is 1.34. The largest absolute Gasteiger partial charge is 0.486 e. The number of nitrogens with zero attached hydrogens (tertiary/aromatic N) is 2. The molecule has 1 unspecified atom stereocenters. The fraction of sp³-hybridized carbons (Fsp3) is 0.273. The van der Waals surface area contributed by atoms with Gasteiger partial charge in [-0.1, -0.05) is 35.9 Å². The van der Waals surface area contributed by atoms with Crippen molar-refractivity contribution in [1.29, 1.82) is 0 Å². The molecule has 144 valence electrons. The number of thiazole rings is 1. The second kappa shape index (κ2) is 7.64. The first-order valence-electron chi connectivity index (χ1n) is 9.18. The molecule has 0 saturated heterocycles. The zero-order valence-corrected chi connectivity index (χ0v) is 17.0. The van der Waals surface area contributed by atoms with Gasteiger partial charge >= 0.3 is 0 Å². The fourth-order valence-corrected chi connectivity index (χ4v) is 4.17. The van der Waals surface area contributed by atoms with Crippen LogP contribution in [0.25, 0.3) is 10.6 Å². The summed E-state index contributed by atoms with van der Waals surface area (Å²) >= 11 is 1.49. The number of benzene rings is 2. The lowest BCUT2D eigenvalue weighted by molar-refractivity contribution is 0.0518. The molecule has 4 rings (SSSR count). The molecule has 0 N–H and O–H groups in total. The van der Waals surface area contributed by atoms with Crippen LogP contribution in [-0.2, 0) is 0 Å². The van der Waals surface area contributed by atoms with Crippen molar-refractivity contribution in [3.05, 3.63) is 64.7 Å². The first-order valence-corrected chi connectivity index (χ1v) is 10.1. The number of hydrogen-bond donors (Lipinski definition) is 0. The van der Waals surface area contributed by atoms with E-state index in [0.29, 0.717) is 24.6 Å². The number of para-hydroxylation sites is 2. The number of aryl methyl sites for hydroxylation is 2. The minimum absolute atomic E-state index is 0.116. The average molecular weight is 394 g/mol. The lowest BCUT2D eigenvalue weighted by Crippen LogP contribution is -2.41. The van der Waals surface area contributed by atoms with Gasteiger partial charge in [0, 0.05) is 18.0 Å². The molecule has 0 fully saturated rings. The number of aromatic nitrogens is 1. The van der Waals surface area contributed by atoms with Crippen molar-refractivity contribution in [3.63, 3.8) is 0 Å². The Bertz CT molecular complexity index is 1010. The summed E-state index contributed by atoms with van der Waals surface area (Å²) in [7, 11) is 1.77. The molecule has 1 aliphatic heterocycles. The fourth-order valence-electron chi connectivity index (χ4n) is 3.29. The van der Waals surface area contributed by atoms with Crippen molar-refractivity contribution in [3.8, 4) is 22.1 Å². The first kappa shape index (κ1) is 18.5. The van der Waals surface area contributed by atoms with Gasteiger partial charge in [0.1, 0.15) is 17.3 Å². The highest BCUT2D eigenvalue weighted by Crippen LogP contribution is 2.31. The van der Waals surface area contributed by atoms with Gasteiger partial charge in [0.05, 0.1) is 6.54 Å². The Morgan fingerprint density at radius 1 is 1.21 bits per heavy atom. The van der Waals surface area contributed by atoms with Crippen molar-refractivity contribution < 1.29 is 14.3 Å². The van der Waals surface area contributed by atoms with Gasteiger partial charge in [0.25, 0.3) is 5.91 Å². The zero-order valence-electron chi connectivity index (χ0n) is 16.1. The van der Waals surface area contributed by atoms with Gasteiger partial charge in [-0.3, -0.25) is 4.79 Å². The molecule has 0 saturated carbocycles. The summed E-state index contributed by atoms with van der Waals surface area (Å²) in [6, 6.07) is 13.8. The predicted molar refractivity (Wildman–Crippen MR) is 110 cm³/mol. The van der Waals surface area contributed by atoms with E-state index in [9.17, 15) is 4.79 Å². The van der Waals surface area contributed by atoms with Gasteiger partial charge in [-0.15, -0.1) is 11.3 Å². The number of rotatable bonds is 4. The van der Waals surface area contributed by atoms with Crippen molar-refractivity contribution in [2.45, 2.75) is 20.0 Å². The highest BCUT2D eigenvalue weighted by Gasteiger charge is 2.25. The maximum absolute atomic E-state index is 12.8. The third kappa shape index (κ3) is 3.73. The van der Waals surface area contributed by atoms with Gasteiger partial charge < -0.3 is 14.4 Å². The molecule has 6 heteroatoms. The lowest BCUT2D eigenvalue weighted by atomic mass is 10.1. The SMILES string of the molecule is Cc1ccc(-c2nc(C(=O)N(C)CC3COc4ccccc4O3)cs2)c(C)c1. The Labute approximate surface area is 168 Å². The average Bonchev–Trinajstić information content (AvgIpc) is 3.17. The highest BCUT2D eigenvalue weighted by atomic mass is 32.1. The zero-order chi connectivity index (χ0) is 19.7. The van der Waals surface area contributed by atoms with Gasteiger partial charge in [-0.05, 0) is 31.5 Å². The maximum atomic E-state index is 12.8. The molecule has 1 amide bonds. The van der Waals surface area contributed by atoms with Crippen LogP contribution in [0.5, 0.6) is 11.5 Å². The molecule has 2 heterocycles. The second-order valence-corrected chi connectivity index (χ2v) is 7.90. The summed E-state index contributed by atoms with van der Waals surface area (Å²) in [6.45, 7) is 4.98. The van der Waals surface area contributed by atoms with Crippen molar-refractivity contribution >= 4 is 17.2 Å². The van der Waals surface area contributed by atoms with Crippen LogP contribution in [0.1, 0.15) is 21.6 Å². The summed E-state index contributed by atoms with van der Waals surface area (Å²) in [5.41, 5.74) is 3.90. The number of amides is 1. The molecule has 1 aliphatic rings. The van der Waals surface area contributed by atoms with Gasteiger partial charge in [-0.2, -0.15) is 0 Å². The van der Waals surface area contributed by atoms with E-state index < -0.39 is 0 Å². The summed E-state index contributed by atoms with van der Waals surface area (Å²) < 4.78 is 11.7. The van der Waals surface area contributed by atoms with E-state index >= 15 is 0 Å². The molecule has 3 aromatic rings. The molecule has 1 atom stereocenters. The molecular formula is C22H22N2O3S. The van der Waals surface area contributed by atoms with E-state index in [1.807, 2.05) is 29.6 Å². The number of likely N-dealkylation sites (N-methyl/N-ethyl adjacent to an activating group) is 1. The van der Waals surface area contributed by atoms with Crippen molar-refractivity contribution in [2.75, 3.05) is 20.2 Å². The molecule has 2 aromatic carbocycles. The lowest BCUT2D eigenvalue weighted by Gasteiger charge is -2.29. The second-order valence-electron chi connectivity index (χ2n) is 7.04. The van der Waals surface area contributed by atoms with Gasteiger partial charge in [0.2, 0.25) is 0 Å². The van der Waals surface area contributed by atoms with Crippen LogP contribution in [0, 0.1) is 13.8 Å². The third-order valence-electron chi connectivity index (χ3n) is 4.73. The van der Waals surface area contributed by atoms with E-state index in [-0.39, 0.29) is 12.0 Å². The minimum Gasteiger partial charge on any atom is -0.486 e. The van der Waals surface area contributed by atoms with E-state index in [2.05, 4.69) is 37.0 Å². The smallest absolute Gasteiger partial charge is 0.273 e. The van der Waals surface area contributed by atoms with Crippen LogP contribution in [0.4, 0.5) is 0 Å². The van der Waals surface area contributed by atoms with Crippen LogP contribution in [0.2, 0.25) is 0 Å². The number of carbonyl (C=O) groups is 1. The van der Waals surface area contributed by atoms with Gasteiger partial charge in [-0.25, -0.2) is 4.98 Å². The van der Waals surface area contributed by atoms with Crippen LogP contribution >= 0.6 is 11.3 Å². The summed E-state index contributed by atoms with van der Waals surface area (Å²) in [4.78, 5) is 19.0. The summed E-state index contributed by atoms with van der Waals surface area (Å²) in [5, 5.41) is 2.68. The Morgan fingerprint density at radius 2 is 2.00 bits per heavy atom. The van der Waals surface area contributed by atoms with E-state index in [1.165, 1.54) is 16.9 Å². The van der Waals surface area contributed by atoms with E-state index in [1.54, 1.807) is 11.9 Å². The Kier molecular flexibility index (Phi) is 5.05. The first-order chi connectivity index (χ1) is 13.5. The topological polar surface area (TPSA) is 51.7 Å². The van der Waals surface area contributed by atoms with E-state index in [4.69, 9.17) is 9.47 Å². The third-order valence-corrected chi connectivity index (χ3v) is 5.60.